The minimum absolute atomic E-state index is 0.128. The van der Waals surface area contributed by atoms with Crippen LogP contribution in [-0.2, 0) is 6.42 Å². The number of hydrogen-bond donors (Lipinski definition) is 0. The lowest BCUT2D eigenvalue weighted by molar-refractivity contribution is 0.0691. The summed E-state index contributed by atoms with van der Waals surface area (Å²) in [6, 6.07) is 21.3. The first-order chi connectivity index (χ1) is 13.2. The maximum absolute atomic E-state index is 14.7. The van der Waals surface area contributed by atoms with E-state index < -0.39 is 6.04 Å². The number of carbonyl (C=O) groups excluding carboxylic acids is 1. The van der Waals surface area contributed by atoms with Crippen molar-refractivity contribution in [3.8, 4) is 5.75 Å². The molecule has 0 saturated heterocycles. The van der Waals surface area contributed by atoms with Crippen LogP contribution in [0.3, 0.4) is 0 Å². The van der Waals surface area contributed by atoms with E-state index in [0.717, 1.165) is 17.5 Å². The Morgan fingerprint density at radius 2 is 1.74 bits per heavy atom. The zero-order valence-corrected chi connectivity index (χ0v) is 15.1. The molecule has 0 saturated carbocycles. The fourth-order valence-corrected chi connectivity index (χ4v) is 3.74. The van der Waals surface area contributed by atoms with Gasteiger partial charge in [0.1, 0.15) is 11.6 Å². The number of halogens is 1. The largest absolute Gasteiger partial charge is 0.497 e. The predicted octanol–water partition coefficient (Wildman–Crippen LogP) is 4.62. The first-order valence-electron chi connectivity index (χ1n) is 8.96. The van der Waals surface area contributed by atoms with Crippen LogP contribution in [0.1, 0.15) is 33.1 Å². The Morgan fingerprint density at radius 3 is 2.52 bits per heavy atom. The topological polar surface area (TPSA) is 29.5 Å². The number of amides is 1. The summed E-state index contributed by atoms with van der Waals surface area (Å²) in [5.74, 6) is 0.194. The van der Waals surface area contributed by atoms with Crippen LogP contribution in [0.5, 0.6) is 5.75 Å². The fourth-order valence-electron chi connectivity index (χ4n) is 3.74. The van der Waals surface area contributed by atoms with Gasteiger partial charge in [-0.2, -0.15) is 0 Å². The molecular weight excluding hydrogens is 341 g/mol. The van der Waals surface area contributed by atoms with Crippen LogP contribution in [0.2, 0.25) is 0 Å². The Balaban J connectivity index is 1.81. The van der Waals surface area contributed by atoms with Gasteiger partial charge in [0, 0.05) is 17.7 Å². The molecule has 0 unspecified atom stereocenters. The summed E-state index contributed by atoms with van der Waals surface area (Å²) >= 11 is 0. The van der Waals surface area contributed by atoms with E-state index in [1.165, 1.54) is 6.07 Å². The number of methoxy groups -OCH3 is 1. The molecule has 0 spiro atoms. The average molecular weight is 361 g/mol. The van der Waals surface area contributed by atoms with Crippen molar-refractivity contribution in [3.05, 3.63) is 101 Å². The molecule has 0 N–H and O–H groups in total. The fraction of sp³-hybridized carbons (Fsp3) is 0.174. The monoisotopic (exact) mass is 361 g/mol. The van der Waals surface area contributed by atoms with Crippen LogP contribution < -0.4 is 4.74 Å². The van der Waals surface area contributed by atoms with Crippen LogP contribution in [0.25, 0.3) is 0 Å². The van der Waals surface area contributed by atoms with Crippen molar-refractivity contribution in [3.63, 3.8) is 0 Å². The molecule has 0 bridgehead atoms. The summed E-state index contributed by atoms with van der Waals surface area (Å²) in [4.78, 5) is 15.1. The van der Waals surface area contributed by atoms with Crippen molar-refractivity contribution in [2.45, 2.75) is 12.5 Å². The number of hydrogen-bond acceptors (Lipinski definition) is 2. The van der Waals surface area contributed by atoms with Crippen molar-refractivity contribution in [2.24, 2.45) is 0 Å². The quantitative estimate of drug-likeness (QED) is 0.681. The first-order valence-corrected chi connectivity index (χ1v) is 8.96. The van der Waals surface area contributed by atoms with Crippen molar-refractivity contribution >= 4 is 5.91 Å². The molecule has 1 aliphatic rings. The molecule has 1 heterocycles. The van der Waals surface area contributed by atoms with Crippen molar-refractivity contribution < 1.29 is 13.9 Å². The minimum atomic E-state index is -0.449. The van der Waals surface area contributed by atoms with Crippen molar-refractivity contribution in [1.29, 1.82) is 0 Å². The highest BCUT2D eigenvalue weighted by molar-refractivity contribution is 5.95. The second-order valence-corrected chi connectivity index (χ2v) is 6.60. The third kappa shape index (κ3) is 3.19. The standard InChI is InChI=1S/C23H20FNO2/c1-27-18-9-6-8-17(15-18)23(26)25-14-13-16-7-2-3-10-19(16)22(25)20-11-4-5-12-21(20)24/h2-12,15,22H,13-14H2,1H3/t22-/m1/s1. The van der Waals surface area contributed by atoms with E-state index >= 15 is 0 Å². The van der Waals surface area contributed by atoms with Gasteiger partial charge in [-0.15, -0.1) is 0 Å². The minimum Gasteiger partial charge on any atom is -0.497 e. The molecule has 0 radical (unpaired) electrons. The van der Waals surface area contributed by atoms with E-state index in [0.29, 0.717) is 23.4 Å². The molecule has 1 atom stereocenters. The van der Waals surface area contributed by atoms with Gasteiger partial charge in [0.2, 0.25) is 0 Å². The van der Waals surface area contributed by atoms with Crippen LogP contribution in [0, 0.1) is 5.82 Å². The molecule has 1 aliphatic heterocycles. The molecule has 4 rings (SSSR count). The highest BCUT2D eigenvalue weighted by atomic mass is 19.1. The molecule has 3 nitrogen and oxygen atoms in total. The highest BCUT2D eigenvalue weighted by Crippen LogP contribution is 2.37. The van der Waals surface area contributed by atoms with Gasteiger partial charge in [-0.1, -0.05) is 48.5 Å². The molecule has 27 heavy (non-hydrogen) atoms. The van der Waals surface area contributed by atoms with Gasteiger partial charge >= 0.3 is 0 Å². The summed E-state index contributed by atoms with van der Waals surface area (Å²) in [5.41, 5.74) is 3.18. The van der Waals surface area contributed by atoms with Crippen LogP contribution >= 0.6 is 0 Å². The normalized spacial score (nSPS) is 15.9. The zero-order valence-electron chi connectivity index (χ0n) is 15.1. The molecule has 1 amide bonds. The average Bonchev–Trinajstić information content (AvgIpc) is 2.73. The Hall–Kier alpha value is -3.14. The molecule has 4 heteroatoms. The second-order valence-electron chi connectivity index (χ2n) is 6.60. The van der Waals surface area contributed by atoms with Gasteiger partial charge < -0.3 is 9.64 Å². The lowest BCUT2D eigenvalue weighted by atomic mass is 9.87. The van der Waals surface area contributed by atoms with Crippen molar-refractivity contribution in [2.75, 3.05) is 13.7 Å². The second kappa shape index (κ2) is 7.23. The van der Waals surface area contributed by atoms with Gasteiger partial charge in [-0.05, 0) is 41.8 Å². The Bertz CT molecular complexity index is 985. The highest BCUT2D eigenvalue weighted by Gasteiger charge is 2.33. The van der Waals surface area contributed by atoms with E-state index in [9.17, 15) is 9.18 Å². The third-order valence-electron chi connectivity index (χ3n) is 5.06. The van der Waals surface area contributed by atoms with E-state index in [2.05, 4.69) is 6.07 Å². The predicted molar refractivity (Wildman–Crippen MR) is 102 cm³/mol. The Labute approximate surface area is 158 Å². The summed E-state index contributed by atoms with van der Waals surface area (Å²) < 4.78 is 19.9. The molecule has 136 valence electrons. The van der Waals surface area contributed by atoms with Gasteiger partial charge in [-0.3, -0.25) is 4.79 Å². The molecule has 0 fully saturated rings. The van der Waals surface area contributed by atoms with E-state index in [4.69, 9.17) is 4.74 Å². The molecule has 0 aliphatic carbocycles. The smallest absolute Gasteiger partial charge is 0.254 e. The summed E-state index contributed by atoms with van der Waals surface area (Å²) in [6.07, 6.45) is 0.747. The van der Waals surface area contributed by atoms with E-state index in [-0.39, 0.29) is 11.7 Å². The summed E-state index contributed by atoms with van der Waals surface area (Å²) in [6.45, 7) is 0.534. The lowest BCUT2D eigenvalue weighted by Gasteiger charge is -2.38. The SMILES string of the molecule is COc1cccc(C(=O)N2CCc3ccccc3[C@@H]2c2ccccc2F)c1. The van der Waals surface area contributed by atoms with Gasteiger partial charge in [-0.25, -0.2) is 4.39 Å². The van der Waals surface area contributed by atoms with Crippen LogP contribution in [0.15, 0.2) is 72.8 Å². The maximum Gasteiger partial charge on any atom is 0.254 e. The number of nitrogens with zero attached hydrogens (tertiary/aromatic N) is 1. The van der Waals surface area contributed by atoms with Gasteiger partial charge in [0.15, 0.2) is 0 Å². The lowest BCUT2D eigenvalue weighted by Crippen LogP contribution is -2.41. The number of benzene rings is 3. The van der Waals surface area contributed by atoms with E-state index in [1.807, 2.05) is 24.3 Å². The first kappa shape index (κ1) is 17.3. The number of fused-ring (bicyclic) bond motifs is 1. The third-order valence-corrected chi connectivity index (χ3v) is 5.06. The van der Waals surface area contributed by atoms with E-state index in [1.54, 1.807) is 48.4 Å². The zero-order chi connectivity index (χ0) is 18.8. The van der Waals surface area contributed by atoms with Crippen molar-refractivity contribution in [1.82, 2.24) is 4.90 Å². The molecule has 3 aromatic carbocycles. The summed E-state index contributed by atoms with van der Waals surface area (Å²) in [7, 11) is 1.57. The maximum atomic E-state index is 14.7. The molecule has 3 aromatic rings. The Kier molecular flexibility index (Phi) is 4.63. The van der Waals surface area contributed by atoms with Crippen LogP contribution in [0.4, 0.5) is 4.39 Å². The van der Waals surface area contributed by atoms with Gasteiger partial charge in [0.25, 0.3) is 5.91 Å². The number of ether oxygens (including phenoxy) is 1. The number of carbonyl (C=O) groups is 1. The van der Waals surface area contributed by atoms with Crippen LogP contribution in [-0.4, -0.2) is 24.5 Å². The summed E-state index contributed by atoms with van der Waals surface area (Å²) in [5, 5.41) is 0. The molecular formula is C23H20FNO2. The van der Waals surface area contributed by atoms with Gasteiger partial charge in [0.05, 0.1) is 13.2 Å². The number of rotatable bonds is 3. The Morgan fingerprint density at radius 1 is 1.00 bits per heavy atom. The molecule has 0 aromatic heterocycles.